The van der Waals surface area contributed by atoms with Gasteiger partial charge in [0, 0.05) is 125 Å². The number of amides is 6. The predicted molar refractivity (Wildman–Crippen MR) is 552 cm³/mol. The van der Waals surface area contributed by atoms with Crippen molar-refractivity contribution in [2.45, 2.75) is 210 Å². The van der Waals surface area contributed by atoms with Gasteiger partial charge < -0.3 is 44.9 Å². The van der Waals surface area contributed by atoms with Gasteiger partial charge in [-0.2, -0.15) is 39.5 Å². The SMILES string of the molecule is C=CCCCCCN(C)C(=O)c1ccc(CCS(=O)(=O)N2CCC3(CC2)N=C(c2cc(OCCC=C)cc(C(F)(F)F)c2)NC3=O)c(C)c1.Cc1cc2ccc1CCS(=O)(=O)N1CCC3(CC1)N=C(NC3=O)c1cc(cc(C(F)(F)F)c1)OCC/C=C/CCCCCN(C)C2=O.Cc1cc2ccc1CCS(=O)(=O)N1CCC3(CC1)N=C(NC3=O)c1cc(cc(C(F)(F)F)c1)OCC/C=C\CCCCCN(C)C2=O.ClCCCl. The quantitative estimate of drug-likeness (QED) is 0.0331. The second kappa shape index (κ2) is 52.1. The summed E-state index contributed by atoms with van der Waals surface area (Å²) in [6.45, 7) is 15.5. The fourth-order valence-electron chi connectivity index (χ4n) is 18.3. The summed E-state index contributed by atoms with van der Waals surface area (Å²) in [5, 5.41) is 7.91. The van der Waals surface area contributed by atoms with Crippen molar-refractivity contribution in [3.05, 3.63) is 242 Å². The van der Waals surface area contributed by atoms with Crippen LogP contribution in [0.25, 0.3) is 0 Å². The van der Waals surface area contributed by atoms with Crippen LogP contribution >= 0.6 is 23.2 Å². The van der Waals surface area contributed by atoms with Crippen LogP contribution in [0.1, 0.15) is 233 Å². The van der Waals surface area contributed by atoms with Gasteiger partial charge in [0.25, 0.3) is 35.4 Å². The van der Waals surface area contributed by atoms with Gasteiger partial charge in [0.15, 0.2) is 0 Å². The molecule has 0 aromatic heterocycles. The van der Waals surface area contributed by atoms with Crippen molar-refractivity contribution in [2.24, 2.45) is 15.0 Å². The van der Waals surface area contributed by atoms with E-state index in [1.807, 2.05) is 63.3 Å². The lowest BCUT2D eigenvalue weighted by Gasteiger charge is -2.34. The number of sulfonamides is 3. The predicted octanol–water partition coefficient (Wildman–Crippen LogP) is 18.1. The Morgan fingerprint density at radius 2 is 0.912 bits per heavy atom. The third-order valence-corrected chi connectivity index (χ3v) is 33.4. The Morgan fingerprint density at radius 3 is 1.32 bits per heavy atom. The summed E-state index contributed by atoms with van der Waals surface area (Å²) in [5.41, 5.74) is 0.266. The molecule has 41 heteroatoms. The van der Waals surface area contributed by atoms with Crippen molar-refractivity contribution < 1.29 is 108 Å². The maximum absolute atomic E-state index is 13.8. The number of carbonyl (C=O) groups is 6. The zero-order valence-corrected chi connectivity index (χ0v) is 87.8. The van der Waals surface area contributed by atoms with Gasteiger partial charge in [-0.05, 0) is 280 Å². The maximum atomic E-state index is 13.8. The van der Waals surface area contributed by atoms with Gasteiger partial charge >= 0.3 is 18.5 Å². The first kappa shape index (κ1) is 116. The van der Waals surface area contributed by atoms with Crippen LogP contribution in [0.4, 0.5) is 39.5 Å². The number of nitrogens with one attached hydrogen (secondary N) is 3. The molecule has 14 bridgehead atoms. The van der Waals surface area contributed by atoms with Crippen molar-refractivity contribution in [3.63, 3.8) is 0 Å². The third-order valence-electron chi connectivity index (χ3n) is 27.2. The second-order valence-corrected chi connectivity index (χ2v) is 44.9. The Morgan fingerprint density at radius 1 is 0.497 bits per heavy atom. The molecule has 6 aromatic rings. The fraction of sp³-hybridized carbons (Fsp3) is 0.500. The average Bonchev–Trinajstić information content (AvgIpc) is 1.62. The van der Waals surface area contributed by atoms with Crippen LogP contribution in [0.3, 0.4) is 0 Å². The van der Waals surface area contributed by atoms with Crippen molar-refractivity contribution in [1.29, 1.82) is 0 Å². The van der Waals surface area contributed by atoms with Crippen molar-refractivity contribution in [1.82, 2.24) is 43.6 Å². The van der Waals surface area contributed by atoms with Gasteiger partial charge in [0.05, 0.1) is 53.8 Å². The molecule has 27 nitrogen and oxygen atoms in total. The summed E-state index contributed by atoms with van der Waals surface area (Å²) in [6, 6.07) is 25.8. The molecule has 12 aliphatic heterocycles. The standard InChI is InChI=1S/C36H45F3N4O5S.2C34H41F3N4O5S.C2H4Cl2/c1-5-7-9-10-11-17-42(4)33(44)28-13-12-27(26(3)22-28)14-21-49(46,47)43-18-15-35(16-19-43)34(45)40-32(41-35)29-23-30(36(37,38)39)25-31(24-29)48-20-8-6-2;2*1-24-20-26-11-10-25(24)12-19-47(44,45)41-16-13-33(14-17-41)32(43)38-30(39-33)27-21-28(34(35,36)37)23-29(22-27)46-18-9-7-5-3-4-6-8-15-40(2)31(26)42;3-1-2-4/h5-6,12-13,22-25H,1-2,7-11,14-21H2,3-4H3,(H,40,41,45);2*5,7,10-11,20-23H,3-4,6,8-9,12-19H2,1-2H3,(H,38,39,43);1-2H2/b;7-5+;7-5-;. The van der Waals surface area contributed by atoms with E-state index in [1.165, 1.54) is 31.1 Å². The van der Waals surface area contributed by atoms with Crippen LogP contribution in [0.5, 0.6) is 17.2 Å². The number of benzene rings is 6. The molecule has 6 amide bonds. The van der Waals surface area contributed by atoms with Crippen molar-refractivity contribution in [3.8, 4) is 17.2 Å². The zero-order valence-electron chi connectivity index (χ0n) is 83.8. The van der Waals surface area contributed by atoms with Crippen LogP contribution < -0.4 is 30.2 Å². The lowest BCUT2D eigenvalue weighted by molar-refractivity contribution is -0.138. The minimum Gasteiger partial charge on any atom is -0.493 e. The molecule has 6 aromatic carbocycles. The van der Waals surface area contributed by atoms with Crippen LogP contribution in [0, 0.1) is 20.8 Å². The van der Waals surface area contributed by atoms with E-state index in [9.17, 15) is 93.5 Å². The van der Waals surface area contributed by atoms with E-state index in [-0.39, 0.29) is 203 Å². The molecule has 12 aliphatic rings. The van der Waals surface area contributed by atoms with Gasteiger partial charge in [0.1, 0.15) is 51.4 Å². The van der Waals surface area contributed by atoms with Crippen LogP contribution in [-0.2, 0) is 82.2 Å². The number of hydrogen-bond acceptors (Lipinski definition) is 18. The van der Waals surface area contributed by atoms with E-state index in [2.05, 4.69) is 44.1 Å². The van der Waals surface area contributed by atoms with Crippen LogP contribution in [-0.4, -0.2) is 251 Å². The summed E-state index contributed by atoms with van der Waals surface area (Å²) in [4.78, 5) is 97.1. The van der Waals surface area contributed by atoms with E-state index in [1.54, 1.807) is 84.4 Å². The van der Waals surface area contributed by atoms with E-state index in [0.29, 0.717) is 67.3 Å². The number of rotatable bonds is 17. The molecular weight excluding hydrogens is 2020 g/mol. The molecule has 0 saturated carbocycles. The van der Waals surface area contributed by atoms with Crippen molar-refractivity contribution >= 4 is 106 Å². The summed E-state index contributed by atoms with van der Waals surface area (Å²) in [5.74, 6) is -0.953. The Kier molecular flexibility index (Phi) is 41.3. The molecule has 18 rings (SSSR count). The highest BCUT2D eigenvalue weighted by atomic mass is 35.5. The smallest absolute Gasteiger partial charge is 0.416 e. The highest BCUT2D eigenvalue weighted by molar-refractivity contribution is 7.89. The molecule has 12 heterocycles. The number of hydrogen-bond donors (Lipinski definition) is 3. The highest BCUT2D eigenvalue weighted by Gasteiger charge is 2.52. The van der Waals surface area contributed by atoms with Gasteiger partial charge in [-0.15, -0.1) is 36.4 Å². The summed E-state index contributed by atoms with van der Waals surface area (Å²) in [6.07, 6.45) is 11.2. The minimum absolute atomic E-state index is 0.00640. The molecule has 0 atom stereocenters. The van der Waals surface area contributed by atoms with E-state index in [4.69, 9.17) is 37.4 Å². The first-order valence-corrected chi connectivity index (χ1v) is 55.5. The van der Waals surface area contributed by atoms with Crippen LogP contribution in [0.2, 0.25) is 0 Å². The molecule has 0 aliphatic carbocycles. The lowest BCUT2D eigenvalue weighted by Crippen LogP contribution is -2.50. The van der Waals surface area contributed by atoms with Gasteiger partial charge in [-0.3, -0.25) is 43.7 Å². The second-order valence-electron chi connectivity index (χ2n) is 37.9. The number of alkyl halides is 11. The monoisotopic (exact) mass is 2150 g/mol. The molecule has 3 spiro atoms. The number of aryl methyl sites for hydroxylation is 6. The number of piperidine rings is 3. The van der Waals surface area contributed by atoms with E-state index in [0.717, 1.165) is 147 Å². The Hall–Kier alpha value is -10.8. The number of unbranched alkanes of at least 4 members (excludes halogenated alkanes) is 3. The van der Waals surface area contributed by atoms with E-state index < -0.39 is 99.6 Å². The number of allylic oxidation sites excluding steroid dienone is 3. The number of fused-ring (bicyclic) bond motifs is 4. The molecule has 800 valence electrons. The van der Waals surface area contributed by atoms with Gasteiger partial charge in [-0.25, -0.2) is 38.2 Å². The molecular formula is C106H131Cl2F9N12O15S3. The normalized spacial score (nSPS) is 21.8. The van der Waals surface area contributed by atoms with Crippen molar-refractivity contribution in [2.75, 3.05) is 129 Å². The number of carbonyl (C=O) groups excluding carboxylic acids is 6. The minimum atomic E-state index is -4.65. The third kappa shape index (κ3) is 31.9. The van der Waals surface area contributed by atoms with Crippen LogP contribution in [0.15, 0.2) is 174 Å². The first-order chi connectivity index (χ1) is 69.6. The number of ether oxygens (including phenoxy) is 3. The Labute approximate surface area is 865 Å². The Balaban J connectivity index is 0.000000206. The largest absolute Gasteiger partial charge is 0.493 e. The highest BCUT2D eigenvalue weighted by Crippen LogP contribution is 2.42. The number of amidine groups is 3. The summed E-state index contributed by atoms with van der Waals surface area (Å²) in [7, 11) is -5.74. The maximum Gasteiger partial charge on any atom is 0.416 e. The molecule has 3 N–H and O–H groups in total. The summed E-state index contributed by atoms with van der Waals surface area (Å²) >= 11 is 10.1. The topological polar surface area (TPSA) is 325 Å². The van der Waals surface area contributed by atoms with E-state index >= 15 is 0 Å². The molecule has 0 radical (unpaired) electrons. The average molecular weight is 2150 g/mol. The van der Waals surface area contributed by atoms with Gasteiger partial charge in [-0.1, -0.05) is 73.9 Å². The molecule has 0 unspecified atom stereocenters. The molecule has 3 saturated heterocycles. The number of nitrogens with zero attached hydrogens (tertiary/aromatic N) is 9. The summed E-state index contributed by atoms with van der Waals surface area (Å²) < 4.78 is 225. The molecule has 147 heavy (non-hydrogen) atoms. The lowest BCUT2D eigenvalue weighted by atomic mass is 9.89. The zero-order chi connectivity index (χ0) is 107. The Bertz CT molecular complexity index is 5990. The number of aliphatic imine (C=N–C) groups is 3. The number of halogens is 11. The molecule has 3 fully saturated rings. The fourth-order valence-corrected chi connectivity index (χ4v) is 22.8. The van der Waals surface area contributed by atoms with Gasteiger partial charge in [0.2, 0.25) is 30.1 Å². The first-order valence-electron chi connectivity index (χ1n) is 49.6.